The Morgan fingerprint density at radius 2 is 1.75 bits per heavy atom. The third-order valence-corrected chi connectivity index (χ3v) is 6.36. The summed E-state index contributed by atoms with van der Waals surface area (Å²) in [7, 11) is 0. The predicted octanol–water partition coefficient (Wildman–Crippen LogP) is 0.596. The van der Waals surface area contributed by atoms with Crippen LogP contribution in [0.4, 0.5) is 5.69 Å². The minimum absolute atomic E-state index is 0.0774. The maximum Gasteiger partial charge on any atom is 0.289 e. The zero-order valence-corrected chi connectivity index (χ0v) is 20.1. The van der Waals surface area contributed by atoms with Crippen molar-refractivity contribution in [3.63, 3.8) is 0 Å². The summed E-state index contributed by atoms with van der Waals surface area (Å²) in [5.41, 5.74) is 1.03. The van der Waals surface area contributed by atoms with E-state index in [1.807, 2.05) is 4.90 Å². The van der Waals surface area contributed by atoms with Crippen molar-refractivity contribution >= 4 is 35.1 Å². The largest absolute Gasteiger partial charge is 0.459 e. The molecular weight excluding hydrogens is 466 g/mol. The Hall–Kier alpha value is -3.99. The second kappa shape index (κ2) is 11.2. The number of hydrogen-bond donors (Lipinski definition) is 2. The van der Waals surface area contributed by atoms with Crippen LogP contribution in [-0.2, 0) is 14.4 Å². The van der Waals surface area contributed by atoms with Crippen LogP contribution in [-0.4, -0.2) is 96.0 Å². The van der Waals surface area contributed by atoms with Crippen LogP contribution in [0.3, 0.4) is 0 Å². The second-order valence-corrected chi connectivity index (χ2v) is 8.83. The molecule has 3 heterocycles. The van der Waals surface area contributed by atoms with Crippen LogP contribution in [0.5, 0.6) is 0 Å². The van der Waals surface area contributed by atoms with E-state index in [1.54, 1.807) is 41.3 Å². The Labute approximate surface area is 208 Å². The molecule has 4 amide bonds. The van der Waals surface area contributed by atoms with E-state index in [0.717, 1.165) is 0 Å². The smallest absolute Gasteiger partial charge is 0.289 e. The Morgan fingerprint density at radius 3 is 2.39 bits per heavy atom. The van der Waals surface area contributed by atoms with Gasteiger partial charge in [-0.25, -0.2) is 0 Å². The molecule has 0 aliphatic carbocycles. The first-order chi connectivity index (χ1) is 17.3. The van der Waals surface area contributed by atoms with E-state index >= 15 is 0 Å². The number of rotatable bonds is 7. The molecule has 1 aromatic carbocycles. The number of amides is 4. The van der Waals surface area contributed by atoms with E-state index in [2.05, 4.69) is 10.6 Å². The van der Waals surface area contributed by atoms with Crippen molar-refractivity contribution in [2.45, 2.75) is 19.4 Å². The van der Waals surface area contributed by atoms with Gasteiger partial charge in [0.05, 0.1) is 19.2 Å². The highest BCUT2D eigenvalue weighted by atomic mass is 16.3. The van der Waals surface area contributed by atoms with Crippen molar-refractivity contribution in [2.75, 3.05) is 51.1 Å². The molecule has 190 valence electrons. The molecule has 1 aromatic heterocycles. The Kier molecular flexibility index (Phi) is 7.79. The van der Waals surface area contributed by atoms with Gasteiger partial charge in [-0.05, 0) is 43.3 Å². The first kappa shape index (κ1) is 25.1. The van der Waals surface area contributed by atoms with Crippen LogP contribution in [0.2, 0.25) is 0 Å². The fourth-order valence-corrected chi connectivity index (χ4v) is 4.34. The van der Waals surface area contributed by atoms with Gasteiger partial charge in [0, 0.05) is 50.5 Å². The number of carbonyl (C=O) groups is 5. The van der Waals surface area contributed by atoms with E-state index in [9.17, 15) is 24.0 Å². The summed E-state index contributed by atoms with van der Waals surface area (Å²) in [5.74, 6) is -0.984. The monoisotopic (exact) mass is 495 g/mol. The maximum absolute atomic E-state index is 13.1. The minimum atomic E-state index is -0.912. The number of ketones is 1. The highest BCUT2D eigenvalue weighted by molar-refractivity contribution is 5.98. The van der Waals surface area contributed by atoms with E-state index < -0.39 is 11.9 Å². The molecule has 11 heteroatoms. The van der Waals surface area contributed by atoms with Gasteiger partial charge in [0.2, 0.25) is 17.7 Å². The zero-order chi connectivity index (χ0) is 25.7. The summed E-state index contributed by atoms with van der Waals surface area (Å²) in [5, 5.41) is 5.44. The van der Waals surface area contributed by atoms with Gasteiger partial charge in [0.1, 0.15) is 6.04 Å². The average Bonchev–Trinajstić information content (AvgIpc) is 3.41. The lowest BCUT2D eigenvalue weighted by molar-refractivity contribution is -0.145. The molecule has 4 rings (SSSR count). The lowest BCUT2D eigenvalue weighted by Crippen LogP contribution is -2.60. The van der Waals surface area contributed by atoms with Gasteiger partial charge in [-0.15, -0.1) is 0 Å². The molecule has 2 aliphatic rings. The fourth-order valence-electron chi connectivity index (χ4n) is 4.34. The molecular formula is C25H29N5O6. The van der Waals surface area contributed by atoms with Gasteiger partial charge in [0.15, 0.2) is 11.5 Å². The summed E-state index contributed by atoms with van der Waals surface area (Å²) in [6, 6.07) is 8.84. The molecule has 0 saturated carbocycles. The number of Topliss-reactive ketones (excluding diaryl/α,β-unsaturated/α-hetero) is 1. The molecule has 2 aliphatic heterocycles. The Morgan fingerprint density at radius 1 is 1.03 bits per heavy atom. The lowest BCUT2D eigenvalue weighted by Gasteiger charge is -2.38. The normalized spacial score (nSPS) is 18.5. The molecule has 0 spiro atoms. The van der Waals surface area contributed by atoms with E-state index in [0.29, 0.717) is 50.5 Å². The van der Waals surface area contributed by atoms with Crippen LogP contribution in [0, 0.1) is 0 Å². The minimum Gasteiger partial charge on any atom is -0.459 e. The van der Waals surface area contributed by atoms with Gasteiger partial charge in [-0.3, -0.25) is 28.9 Å². The van der Waals surface area contributed by atoms with Crippen molar-refractivity contribution in [3.05, 3.63) is 54.0 Å². The molecule has 0 radical (unpaired) electrons. The number of piperazine rings is 2. The summed E-state index contributed by atoms with van der Waals surface area (Å²) < 4.78 is 5.18. The number of hydrogen-bond acceptors (Lipinski definition) is 7. The standard InChI is InChI=1S/C25H29N5O6/c1-17(31)18-4-6-19(7-5-18)27-22(32)15-20-24(34)26-8-9-30(20)23(33)16-28-10-12-29(13-11-28)25(35)21-3-2-14-36-21/h2-7,14,20H,8-13,15-16H2,1H3,(H,26,34)(H,27,32). The molecule has 2 N–H and O–H groups in total. The predicted molar refractivity (Wildman–Crippen MR) is 129 cm³/mol. The molecule has 2 fully saturated rings. The topological polar surface area (TPSA) is 132 Å². The third-order valence-electron chi connectivity index (χ3n) is 6.36. The lowest BCUT2D eigenvalue weighted by atomic mass is 10.1. The number of furan rings is 1. The molecule has 1 unspecified atom stereocenters. The zero-order valence-electron chi connectivity index (χ0n) is 20.1. The third kappa shape index (κ3) is 5.98. The molecule has 36 heavy (non-hydrogen) atoms. The SMILES string of the molecule is CC(=O)c1ccc(NC(=O)CC2C(=O)NCCN2C(=O)CN2CCN(C(=O)c3ccco3)CC2)cc1. The number of anilines is 1. The molecule has 2 saturated heterocycles. The van der Waals surface area contributed by atoms with Crippen molar-refractivity contribution in [3.8, 4) is 0 Å². The van der Waals surface area contributed by atoms with E-state index in [-0.39, 0.29) is 42.2 Å². The van der Waals surface area contributed by atoms with Crippen LogP contribution in [0.15, 0.2) is 47.1 Å². The molecule has 1 atom stereocenters. The fraction of sp³-hybridized carbons (Fsp3) is 0.400. The maximum atomic E-state index is 13.1. The molecule has 0 bridgehead atoms. The Balaban J connectivity index is 1.31. The van der Waals surface area contributed by atoms with Crippen LogP contribution in [0.25, 0.3) is 0 Å². The Bertz CT molecular complexity index is 1120. The van der Waals surface area contributed by atoms with Crippen molar-refractivity contribution < 1.29 is 28.4 Å². The first-order valence-corrected chi connectivity index (χ1v) is 11.8. The average molecular weight is 496 g/mol. The van der Waals surface area contributed by atoms with Gasteiger partial charge < -0.3 is 24.9 Å². The molecule has 2 aromatic rings. The van der Waals surface area contributed by atoms with Gasteiger partial charge in [0.25, 0.3) is 5.91 Å². The van der Waals surface area contributed by atoms with E-state index in [4.69, 9.17) is 4.42 Å². The van der Waals surface area contributed by atoms with Crippen molar-refractivity contribution in [2.24, 2.45) is 0 Å². The summed E-state index contributed by atoms with van der Waals surface area (Å²) in [6.07, 6.45) is 1.27. The van der Waals surface area contributed by atoms with Crippen molar-refractivity contribution in [1.82, 2.24) is 20.0 Å². The highest BCUT2D eigenvalue weighted by Gasteiger charge is 2.35. The van der Waals surface area contributed by atoms with Gasteiger partial charge in [-0.1, -0.05) is 0 Å². The van der Waals surface area contributed by atoms with Crippen LogP contribution in [0.1, 0.15) is 34.3 Å². The second-order valence-electron chi connectivity index (χ2n) is 8.83. The number of nitrogens with one attached hydrogen (secondary N) is 2. The number of carbonyl (C=O) groups excluding carboxylic acids is 5. The summed E-state index contributed by atoms with van der Waals surface area (Å²) in [4.78, 5) is 67.2. The van der Waals surface area contributed by atoms with Crippen molar-refractivity contribution in [1.29, 1.82) is 0 Å². The first-order valence-electron chi connectivity index (χ1n) is 11.8. The van der Waals surface area contributed by atoms with Crippen LogP contribution < -0.4 is 10.6 Å². The number of benzene rings is 1. The summed E-state index contributed by atoms with van der Waals surface area (Å²) >= 11 is 0. The van der Waals surface area contributed by atoms with Gasteiger partial charge in [-0.2, -0.15) is 0 Å². The van der Waals surface area contributed by atoms with E-state index in [1.165, 1.54) is 18.1 Å². The summed E-state index contributed by atoms with van der Waals surface area (Å²) in [6.45, 7) is 4.14. The molecule has 11 nitrogen and oxygen atoms in total. The van der Waals surface area contributed by atoms with Crippen LogP contribution >= 0.6 is 0 Å². The highest BCUT2D eigenvalue weighted by Crippen LogP contribution is 2.15. The quantitative estimate of drug-likeness (QED) is 0.538. The van der Waals surface area contributed by atoms with Gasteiger partial charge >= 0.3 is 0 Å². The number of nitrogens with zero attached hydrogens (tertiary/aromatic N) is 3.